The third-order valence-corrected chi connectivity index (χ3v) is 7.21. The number of hydrogen-bond acceptors (Lipinski definition) is 5. The summed E-state index contributed by atoms with van der Waals surface area (Å²) in [4.78, 5) is 13.4. The van der Waals surface area contributed by atoms with Gasteiger partial charge in [-0.2, -0.15) is 5.26 Å². The molecule has 0 saturated carbocycles. The van der Waals surface area contributed by atoms with Crippen LogP contribution in [-0.2, 0) is 11.4 Å². The molecule has 182 valence electrons. The van der Waals surface area contributed by atoms with E-state index in [4.69, 9.17) is 9.47 Å². The number of nitriles is 1. The molecule has 1 heterocycles. The highest BCUT2D eigenvalue weighted by Gasteiger charge is 2.39. The number of benzene rings is 2. The zero-order valence-electron chi connectivity index (χ0n) is 20.5. The summed E-state index contributed by atoms with van der Waals surface area (Å²) in [5, 5.41) is 13.5. The van der Waals surface area contributed by atoms with Crippen LogP contribution >= 0.6 is 15.9 Å². The zero-order chi connectivity index (χ0) is 24.9. The fourth-order valence-corrected chi connectivity index (χ4v) is 5.67. The number of carbonyl (C=O) groups excluding carboxylic acids is 1. The highest BCUT2D eigenvalue weighted by molar-refractivity contribution is 9.10. The maximum absolute atomic E-state index is 13.4. The zero-order valence-corrected chi connectivity index (χ0v) is 22.1. The van der Waals surface area contributed by atoms with Gasteiger partial charge >= 0.3 is 0 Å². The van der Waals surface area contributed by atoms with Gasteiger partial charge in [0.2, 0.25) is 0 Å². The van der Waals surface area contributed by atoms with Crippen molar-refractivity contribution in [3.8, 4) is 17.6 Å². The van der Waals surface area contributed by atoms with E-state index in [2.05, 4.69) is 34.2 Å². The standard InChI is InChI=1S/C29H31BrN2O3/c1-4-9-20-12-24-28(25(33)13-20)27(22(16-31)18(3)32-24)21-14-23(30)29(26(15-21)34-5-2)35-17-19-10-7-6-8-11-19/h6-8,10-11,14-15,20,27,32H,4-5,9,12-13,17H2,1-3H3. The number of carbonyl (C=O) groups is 1. The predicted octanol–water partition coefficient (Wildman–Crippen LogP) is 6.94. The lowest BCUT2D eigenvalue weighted by atomic mass is 9.72. The van der Waals surface area contributed by atoms with E-state index in [0.717, 1.165) is 46.3 Å². The van der Waals surface area contributed by atoms with Gasteiger partial charge in [-0.05, 0) is 71.8 Å². The molecule has 2 aromatic carbocycles. The van der Waals surface area contributed by atoms with E-state index in [1.165, 1.54) is 0 Å². The van der Waals surface area contributed by atoms with Crippen molar-refractivity contribution >= 4 is 21.7 Å². The maximum atomic E-state index is 13.4. The van der Waals surface area contributed by atoms with E-state index in [0.29, 0.717) is 48.2 Å². The lowest BCUT2D eigenvalue weighted by Gasteiger charge is -2.35. The van der Waals surface area contributed by atoms with Crippen LogP contribution in [0.15, 0.2) is 69.5 Å². The van der Waals surface area contributed by atoms with Gasteiger partial charge in [-0.15, -0.1) is 0 Å². The minimum atomic E-state index is -0.426. The van der Waals surface area contributed by atoms with Crippen LogP contribution in [0.3, 0.4) is 0 Å². The molecule has 0 spiro atoms. The molecule has 5 nitrogen and oxygen atoms in total. The van der Waals surface area contributed by atoms with Crippen molar-refractivity contribution in [2.75, 3.05) is 6.61 Å². The number of allylic oxidation sites excluding steroid dienone is 4. The summed E-state index contributed by atoms with van der Waals surface area (Å²) in [6.07, 6.45) is 3.44. The molecule has 2 aliphatic rings. The Morgan fingerprint density at radius 3 is 2.60 bits per heavy atom. The number of halogens is 1. The summed E-state index contributed by atoms with van der Waals surface area (Å²) in [6.45, 7) is 6.87. The van der Waals surface area contributed by atoms with Gasteiger partial charge in [0.1, 0.15) is 6.61 Å². The molecule has 2 atom stereocenters. The van der Waals surface area contributed by atoms with E-state index < -0.39 is 5.92 Å². The van der Waals surface area contributed by atoms with Crippen molar-refractivity contribution < 1.29 is 14.3 Å². The Labute approximate surface area is 216 Å². The van der Waals surface area contributed by atoms with Crippen molar-refractivity contribution in [2.24, 2.45) is 5.92 Å². The molecule has 35 heavy (non-hydrogen) atoms. The minimum absolute atomic E-state index is 0.126. The highest BCUT2D eigenvalue weighted by atomic mass is 79.9. The first-order chi connectivity index (χ1) is 17.0. The van der Waals surface area contributed by atoms with Crippen LogP contribution in [-0.4, -0.2) is 12.4 Å². The van der Waals surface area contributed by atoms with Crippen molar-refractivity contribution in [1.82, 2.24) is 5.32 Å². The summed E-state index contributed by atoms with van der Waals surface area (Å²) in [6, 6.07) is 16.2. The first kappa shape index (κ1) is 25.1. The van der Waals surface area contributed by atoms with Crippen LogP contribution in [0.25, 0.3) is 0 Å². The molecular formula is C29H31BrN2O3. The first-order valence-corrected chi connectivity index (χ1v) is 13.0. The Morgan fingerprint density at radius 1 is 1.14 bits per heavy atom. The second-order valence-corrected chi connectivity index (χ2v) is 9.98. The molecule has 2 unspecified atom stereocenters. The van der Waals surface area contributed by atoms with Crippen LogP contribution in [0.4, 0.5) is 0 Å². The molecule has 0 aromatic heterocycles. The summed E-state index contributed by atoms with van der Waals surface area (Å²) in [7, 11) is 0. The van der Waals surface area contributed by atoms with Crippen molar-refractivity contribution in [3.63, 3.8) is 0 Å². The van der Waals surface area contributed by atoms with E-state index in [9.17, 15) is 10.1 Å². The monoisotopic (exact) mass is 534 g/mol. The maximum Gasteiger partial charge on any atom is 0.175 e. The molecule has 1 N–H and O–H groups in total. The van der Waals surface area contributed by atoms with E-state index in [-0.39, 0.29) is 5.78 Å². The Morgan fingerprint density at radius 2 is 1.91 bits per heavy atom. The quantitative estimate of drug-likeness (QED) is 0.396. The predicted molar refractivity (Wildman–Crippen MR) is 140 cm³/mol. The number of ether oxygens (including phenoxy) is 2. The van der Waals surface area contributed by atoms with Gasteiger partial charge in [0.05, 0.1) is 28.6 Å². The summed E-state index contributed by atoms with van der Waals surface area (Å²) >= 11 is 3.68. The third kappa shape index (κ3) is 5.31. The lowest BCUT2D eigenvalue weighted by Crippen LogP contribution is -2.34. The van der Waals surface area contributed by atoms with E-state index >= 15 is 0 Å². The Hall–Kier alpha value is -3.04. The molecule has 0 saturated heterocycles. The number of dihydropyridines is 1. The summed E-state index contributed by atoms with van der Waals surface area (Å²) < 4.78 is 12.9. The Bertz CT molecular complexity index is 1210. The average molecular weight is 535 g/mol. The minimum Gasteiger partial charge on any atom is -0.490 e. The van der Waals surface area contributed by atoms with Crippen LogP contribution in [0.1, 0.15) is 63.5 Å². The molecule has 1 aliphatic heterocycles. The van der Waals surface area contributed by atoms with Crippen LogP contribution < -0.4 is 14.8 Å². The molecular weight excluding hydrogens is 504 g/mol. The van der Waals surface area contributed by atoms with Gasteiger partial charge in [0.15, 0.2) is 17.3 Å². The molecule has 0 fully saturated rings. The highest BCUT2D eigenvalue weighted by Crippen LogP contribution is 2.47. The number of hydrogen-bond donors (Lipinski definition) is 1. The second kappa shape index (κ2) is 11.1. The molecule has 6 heteroatoms. The van der Waals surface area contributed by atoms with Gasteiger partial charge in [0, 0.05) is 23.4 Å². The van der Waals surface area contributed by atoms with E-state index in [1.54, 1.807) is 0 Å². The number of Topliss-reactive ketones (excluding diaryl/α,β-unsaturated/α-hetero) is 1. The Balaban J connectivity index is 1.75. The molecule has 0 radical (unpaired) electrons. The van der Waals surface area contributed by atoms with Crippen molar-refractivity contribution in [3.05, 3.63) is 80.6 Å². The fraction of sp³-hybridized carbons (Fsp3) is 0.379. The van der Waals surface area contributed by atoms with Crippen LogP contribution in [0.2, 0.25) is 0 Å². The number of nitrogens with zero attached hydrogens (tertiary/aromatic N) is 1. The fourth-order valence-electron chi connectivity index (χ4n) is 5.10. The number of rotatable bonds is 8. The van der Waals surface area contributed by atoms with Crippen LogP contribution in [0, 0.1) is 17.2 Å². The molecule has 4 rings (SSSR count). The van der Waals surface area contributed by atoms with Crippen LogP contribution in [0.5, 0.6) is 11.5 Å². The SMILES string of the molecule is CCCC1CC(=O)C2=C(C1)NC(C)=C(C#N)C2c1cc(Br)c(OCc2ccccc2)c(OCC)c1. The average Bonchev–Trinajstić information content (AvgIpc) is 2.83. The first-order valence-electron chi connectivity index (χ1n) is 12.2. The van der Waals surface area contributed by atoms with Crippen molar-refractivity contribution in [2.45, 2.75) is 59.0 Å². The number of ketones is 1. The van der Waals surface area contributed by atoms with Gasteiger partial charge in [-0.25, -0.2) is 0 Å². The summed E-state index contributed by atoms with van der Waals surface area (Å²) in [5.41, 5.74) is 4.95. The van der Waals surface area contributed by atoms with Gasteiger partial charge in [-0.1, -0.05) is 43.7 Å². The molecule has 0 amide bonds. The second-order valence-electron chi connectivity index (χ2n) is 9.12. The lowest BCUT2D eigenvalue weighted by molar-refractivity contribution is -0.117. The third-order valence-electron chi connectivity index (χ3n) is 6.62. The van der Waals surface area contributed by atoms with E-state index in [1.807, 2.05) is 56.3 Å². The summed E-state index contributed by atoms with van der Waals surface area (Å²) in [5.74, 6) is 1.25. The molecule has 1 aliphatic carbocycles. The normalized spacial score (nSPS) is 19.7. The smallest absolute Gasteiger partial charge is 0.175 e. The largest absolute Gasteiger partial charge is 0.490 e. The van der Waals surface area contributed by atoms with Gasteiger partial charge in [0.25, 0.3) is 0 Å². The number of nitrogens with one attached hydrogen (secondary N) is 1. The Kier molecular flexibility index (Phi) is 7.97. The van der Waals surface area contributed by atoms with Gasteiger partial charge in [-0.3, -0.25) is 4.79 Å². The van der Waals surface area contributed by atoms with Crippen molar-refractivity contribution in [1.29, 1.82) is 5.26 Å². The molecule has 2 aromatic rings. The van der Waals surface area contributed by atoms with Gasteiger partial charge < -0.3 is 14.8 Å². The topological polar surface area (TPSA) is 71.4 Å². The molecule has 0 bridgehead atoms.